The summed E-state index contributed by atoms with van der Waals surface area (Å²) in [6, 6.07) is 5.74. The van der Waals surface area contributed by atoms with Gasteiger partial charge in [-0.1, -0.05) is 13.0 Å². The molecule has 0 saturated heterocycles. The molecule has 3 N–H and O–H groups in total. The normalized spacial score (nSPS) is 18.4. The zero-order valence-electron chi connectivity index (χ0n) is 12.9. The van der Waals surface area contributed by atoms with Crippen LogP contribution < -0.4 is 20.5 Å². The third kappa shape index (κ3) is 3.29. The second kappa shape index (κ2) is 6.35. The van der Waals surface area contributed by atoms with Crippen LogP contribution in [0.2, 0.25) is 0 Å². The molecule has 2 atom stereocenters. The molecule has 1 heterocycles. The predicted octanol–water partition coefficient (Wildman–Crippen LogP) is 1.94. The lowest BCUT2D eigenvalue weighted by molar-refractivity contribution is -0.124. The van der Waals surface area contributed by atoms with E-state index in [0.717, 1.165) is 18.4 Å². The number of ether oxygens (including phenoxy) is 2. The highest BCUT2D eigenvalue weighted by molar-refractivity contribution is 5.86. The smallest absolute Gasteiger partial charge is 0.242 e. The lowest BCUT2D eigenvalue weighted by Gasteiger charge is -2.31. The van der Waals surface area contributed by atoms with Crippen LogP contribution in [0.15, 0.2) is 18.2 Å². The molecule has 1 aliphatic rings. The molecule has 116 valence electrons. The topological polar surface area (TPSA) is 73.6 Å². The number of benzene rings is 1. The van der Waals surface area contributed by atoms with Gasteiger partial charge in [0.1, 0.15) is 5.54 Å². The van der Waals surface area contributed by atoms with E-state index in [9.17, 15) is 4.79 Å². The summed E-state index contributed by atoms with van der Waals surface area (Å²) in [5, 5.41) is 3.31. The number of amides is 1. The summed E-state index contributed by atoms with van der Waals surface area (Å²) in [4.78, 5) is 12.0. The van der Waals surface area contributed by atoms with Gasteiger partial charge in [-0.15, -0.1) is 0 Å². The molecule has 5 heteroatoms. The maximum absolute atomic E-state index is 12.0. The number of carbonyl (C=O) groups excluding carboxylic acids is 1. The highest BCUT2D eigenvalue weighted by Gasteiger charge is 2.35. The molecule has 0 aromatic heterocycles. The predicted molar refractivity (Wildman–Crippen MR) is 81.5 cm³/mol. The van der Waals surface area contributed by atoms with Gasteiger partial charge in [-0.25, -0.2) is 0 Å². The molecule has 0 spiro atoms. The van der Waals surface area contributed by atoms with Gasteiger partial charge in [0.25, 0.3) is 0 Å². The van der Waals surface area contributed by atoms with Crippen LogP contribution in [-0.4, -0.2) is 25.2 Å². The summed E-state index contributed by atoms with van der Waals surface area (Å²) in [5.41, 5.74) is 5.50. The summed E-state index contributed by atoms with van der Waals surface area (Å²) < 4.78 is 11.3. The lowest BCUT2D eigenvalue weighted by atomic mass is 9.89. The zero-order chi connectivity index (χ0) is 15.5. The average molecular weight is 292 g/mol. The lowest BCUT2D eigenvalue weighted by Crippen LogP contribution is -2.53. The second-order valence-electron chi connectivity index (χ2n) is 5.65. The van der Waals surface area contributed by atoms with Crippen molar-refractivity contribution < 1.29 is 14.3 Å². The van der Waals surface area contributed by atoms with E-state index in [1.165, 1.54) is 0 Å². The minimum atomic E-state index is -0.930. The van der Waals surface area contributed by atoms with E-state index in [-0.39, 0.29) is 6.04 Å². The standard InChI is InChI=1S/C16H24N2O3/c1-4-11(2)18-16(3,15(17)19)12-6-7-13-14(10-12)21-9-5-8-20-13/h6-7,10-11,18H,4-5,8-9H2,1-3H3,(H2,17,19). The van der Waals surface area contributed by atoms with Crippen molar-refractivity contribution in [3.63, 3.8) is 0 Å². The molecular weight excluding hydrogens is 268 g/mol. The summed E-state index contributed by atoms with van der Waals surface area (Å²) in [6.07, 6.45) is 1.76. The first-order chi connectivity index (χ1) is 9.97. The minimum Gasteiger partial charge on any atom is -0.490 e. The molecule has 0 radical (unpaired) electrons. The van der Waals surface area contributed by atoms with E-state index in [2.05, 4.69) is 12.2 Å². The van der Waals surface area contributed by atoms with Crippen molar-refractivity contribution in [3.05, 3.63) is 23.8 Å². The number of nitrogens with one attached hydrogen (secondary N) is 1. The fraction of sp³-hybridized carbons (Fsp3) is 0.562. The Bertz CT molecular complexity index is 518. The van der Waals surface area contributed by atoms with Crippen molar-refractivity contribution in [2.24, 2.45) is 5.73 Å². The van der Waals surface area contributed by atoms with Crippen LogP contribution in [0.5, 0.6) is 11.5 Å². The maximum Gasteiger partial charge on any atom is 0.242 e. The SMILES string of the molecule is CCC(C)NC(C)(C(N)=O)c1ccc2c(c1)OCCCO2. The summed E-state index contributed by atoms with van der Waals surface area (Å²) in [5.74, 6) is 0.979. The Labute approximate surface area is 125 Å². The van der Waals surface area contributed by atoms with Crippen LogP contribution in [0.25, 0.3) is 0 Å². The number of carbonyl (C=O) groups is 1. The van der Waals surface area contributed by atoms with Crippen LogP contribution in [0, 0.1) is 0 Å². The van der Waals surface area contributed by atoms with Crippen molar-refractivity contribution >= 4 is 5.91 Å². The van der Waals surface area contributed by atoms with Crippen LogP contribution in [-0.2, 0) is 10.3 Å². The van der Waals surface area contributed by atoms with Crippen molar-refractivity contribution in [2.75, 3.05) is 13.2 Å². The van der Waals surface area contributed by atoms with Crippen molar-refractivity contribution in [2.45, 2.75) is 45.2 Å². The minimum absolute atomic E-state index is 0.179. The van der Waals surface area contributed by atoms with Gasteiger partial charge >= 0.3 is 0 Å². The molecule has 1 amide bonds. The van der Waals surface area contributed by atoms with E-state index < -0.39 is 11.4 Å². The molecule has 1 aromatic rings. The molecule has 21 heavy (non-hydrogen) atoms. The monoisotopic (exact) mass is 292 g/mol. The van der Waals surface area contributed by atoms with Gasteiger partial charge in [-0.3, -0.25) is 10.1 Å². The largest absolute Gasteiger partial charge is 0.490 e. The van der Waals surface area contributed by atoms with E-state index in [1.807, 2.05) is 25.1 Å². The second-order valence-corrected chi connectivity index (χ2v) is 5.65. The van der Waals surface area contributed by atoms with Gasteiger partial charge in [0, 0.05) is 12.5 Å². The molecule has 0 bridgehead atoms. The highest BCUT2D eigenvalue weighted by atomic mass is 16.5. The fourth-order valence-corrected chi connectivity index (χ4v) is 2.37. The van der Waals surface area contributed by atoms with Gasteiger partial charge in [0.15, 0.2) is 11.5 Å². The van der Waals surface area contributed by atoms with Gasteiger partial charge in [0.05, 0.1) is 13.2 Å². The molecule has 2 rings (SSSR count). The molecular formula is C16H24N2O3. The third-order valence-electron chi connectivity index (χ3n) is 3.97. The molecule has 0 aliphatic carbocycles. The van der Waals surface area contributed by atoms with Crippen LogP contribution in [0.4, 0.5) is 0 Å². The molecule has 5 nitrogen and oxygen atoms in total. The van der Waals surface area contributed by atoms with E-state index in [1.54, 1.807) is 6.92 Å². The van der Waals surface area contributed by atoms with Crippen LogP contribution in [0.1, 0.15) is 39.2 Å². The molecule has 2 unspecified atom stereocenters. The Morgan fingerprint density at radius 3 is 2.67 bits per heavy atom. The highest BCUT2D eigenvalue weighted by Crippen LogP contribution is 2.34. The molecule has 1 aromatic carbocycles. The van der Waals surface area contributed by atoms with Crippen molar-refractivity contribution in [1.82, 2.24) is 5.32 Å². The Hall–Kier alpha value is -1.75. The van der Waals surface area contributed by atoms with Gasteiger partial charge in [-0.05, 0) is 38.0 Å². The Morgan fingerprint density at radius 2 is 2.05 bits per heavy atom. The Balaban J connectivity index is 2.37. The maximum atomic E-state index is 12.0. The Kier molecular flexibility index (Phi) is 4.73. The van der Waals surface area contributed by atoms with Crippen molar-refractivity contribution in [1.29, 1.82) is 0 Å². The number of primary amides is 1. The molecule has 1 aliphatic heterocycles. The van der Waals surface area contributed by atoms with E-state index in [4.69, 9.17) is 15.2 Å². The van der Waals surface area contributed by atoms with Crippen LogP contribution >= 0.6 is 0 Å². The van der Waals surface area contributed by atoms with Gasteiger partial charge in [-0.2, -0.15) is 0 Å². The zero-order valence-corrected chi connectivity index (χ0v) is 12.9. The quantitative estimate of drug-likeness (QED) is 0.870. The number of hydrogen-bond acceptors (Lipinski definition) is 4. The molecule has 0 fully saturated rings. The van der Waals surface area contributed by atoms with E-state index in [0.29, 0.717) is 24.7 Å². The van der Waals surface area contributed by atoms with Crippen LogP contribution in [0.3, 0.4) is 0 Å². The summed E-state index contributed by atoms with van der Waals surface area (Å²) in [7, 11) is 0. The summed E-state index contributed by atoms with van der Waals surface area (Å²) in [6.45, 7) is 7.16. The number of hydrogen-bond donors (Lipinski definition) is 2. The first-order valence-corrected chi connectivity index (χ1v) is 7.45. The first kappa shape index (κ1) is 15.6. The first-order valence-electron chi connectivity index (χ1n) is 7.45. The number of nitrogens with two attached hydrogens (primary N) is 1. The number of fused-ring (bicyclic) bond motifs is 1. The fourth-order valence-electron chi connectivity index (χ4n) is 2.37. The molecule has 0 saturated carbocycles. The Morgan fingerprint density at radius 1 is 1.38 bits per heavy atom. The summed E-state index contributed by atoms with van der Waals surface area (Å²) >= 11 is 0. The van der Waals surface area contributed by atoms with Crippen molar-refractivity contribution in [3.8, 4) is 11.5 Å². The average Bonchev–Trinajstić information content (AvgIpc) is 2.71. The van der Waals surface area contributed by atoms with Gasteiger partial charge < -0.3 is 15.2 Å². The number of rotatable bonds is 5. The van der Waals surface area contributed by atoms with E-state index >= 15 is 0 Å². The van der Waals surface area contributed by atoms with Gasteiger partial charge in [0.2, 0.25) is 5.91 Å². The third-order valence-corrected chi connectivity index (χ3v) is 3.97.